The number of carbonyl (C=O) groups is 2. The summed E-state index contributed by atoms with van der Waals surface area (Å²) in [5.41, 5.74) is 1.75. The minimum absolute atomic E-state index is 0.0132. The molecular weight excluding hydrogens is 304 g/mol. The second-order valence-corrected chi connectivity index (χ2v) is 5.43. The van der Waals surface area contributed by atoms with E-state index in [4.69, 9.17) is 4.74 Å². The quantitative estimate of drug-likeness (QED) is 0.822. The summed E-state index contributed by atoms with van der Waals surface area (Å²) in [6.45, 7) is 1.71. The number of nitrogens with one attached hydrogen (secondary N) is 2. The van der Waals surface area contributed by atoms with Gasteiger partial charge in [-0.15, -0.1) is 0 Å². The van der Waals surface area contributed by atoms with Crippen LogP contribution in [0.1, 0.15) is 18.9 Å². The van der Waals surface area contributed by atoms with Gasteiger partial charge in [-0.2, -0.15) is 0 Å². The van der Waals surface area contributed by atoms with Gasteiger partial charge < -0.3 is 15.4 Å². The molecule has 5 nitrogen and oxygen atoms in total. The second kappa shape index (κ2) is 8.72. The van der Waals surface area contributed by atoms with E-state index in [9.17, 15) is 9.59 Å². The molecule has 5 heteroatoms. The van der Waals surface area contributed by atoms with Crippen molar-refractivity contribution in [2.45, 2.75) is 25.9 Å². The van der Waals surface area contributed by atoms with Gasteiger partial charge in [0.1, 0.15) is 5.75 Å². The molecule has 1 unspecified atom stereocenters. The molecule has 0 aliphatic heterocycles. The van der Waals surface area contributed by atoms with Gasteiger partial charge in [0.2, 0.25) is 5.91 Å². The highest BCUT2D eigenvalue weighted by Gasteiger charge is 2.14. The van der Waals surface area contributed by atoms with Crippen LogP contribution in [0.4, 0.5) is 5.69 Å². The number of anilines is 1. The maximum absolute atomic E-state index is 12.2. The minimum Gasteiger partial charge on any atom is -0.481 e. The largest absolute Gasteiger partial charge is 0.481 e. The van der Waals surface area contributed by atoms with Crippen LogP contribution in [0.25, 0.3) is 0 Å². The molecule has 2 N–H and O–H groups in total. The zero-order chi connectivity index (χ0) is 17.4. The molecule has 2 aromatic carbocycles. The van der Waals surface area contributed by atoms with Crippen LogP contribution in [-0.2, 0) is 16.0 Å². The number of rotatable bonds is 7. The standard InChI is InChI=1S/C19H22N2O3/c1-14(24-17-6-4-3-5-7-17)19(23)21-16-11-8-15(9-12-16)10-13-18(22)20-2/h3-9,11-12,14H,10,13H2,1-2H3,(H,20,22)(H,21,23). The van der Waals surface area contributed by atoms with Crippen molar-refractivity contribution >= 4 is 17.5 Å². The highest BCUT2D eigenvalue weighted by atomic mass is 16.5. The summed E-state index contributed by atoms with van der Waals surface area (Å²) in [5.74, 6) is 0.459. The van der Waals surface area contributed by atoms with E-state index in [-0.39, 0.29) is 11.8 Å². The molecule has 2 rings (SSSR count). The average Bonchev–Trinajstić information content (AvgIpc) is 2.61. The van der Waals surface area contributed by atoms with E-state index >= 15 is 0 Å². The maximum atomic E-state index is 12.2. The van der Waals surface area contributed by atoms with Crippen molar-refractivity contribution in [2.75, 3.05) is 12.4 Å². The lowest BCUT2D eigenvalue weighted by Crippen LogP contribution is -2.30. The van der Waals surface area contributed by atoms with Crippen molar-refractivity contribution in [3.63, 3.8) is 0 Å². The lowest BCUT2D eigenvalue weighted by atomic mass is 10.1. The Kier molecular flexibility index (Phi) is 6.37. The Labute approximate surface area is 142 Å². The SMILES string of the molecule is CNC(=O)CCc1ccc(NC(=O)C(C)Oc2ccccc2)cc1. The predicted octanol–water partition coefficient (Wildman–Crippen LogP) is 2.77. The number of para-hydroxylation sites is 1. The van der Waals surface area contributed by atoms with Gasteiger partial charge in [0.05, 0.1) is 0 Å². The number of hydrogen-bond acceptors (Lipinski definition) is 3. The molecule has 1 atom stereocenters. The molecule has 0 aromatic heterocycles. The second-order valence-electron chi connectivity index (χ2n) is 5.43. The molecule has 0 spiro atoms. The van der Waals surface area contributed by atoms with E-state index in [2.05, 4.69) is 10.6 Å². The molecule has 0 radical (unpaired) electrons. The molecule has 0 saturated heterocycles. The van der Waals surface area contributed by atoms with Gasteiger partial charge in [0.15, 0.2) is 6.10 Å². The number of hydrogen-bond donors (Lipinski definition) is 2. The Morgan fingerprint density at radius 2 is 1.71 bits per heavy atom. The Balaban J connectivity index is 1.86. The highest BCUT2D eigenvalue weighted by Crippen LogP contribution is 2.14. The molecule has 0 heterocycles. The van der Waals surface area contributed by atoms with Crippen molar-refractivity contribution < 1.29 is 14.3 Å². The number of aryl methyl sites for hydroxylation is 1. The van der Waals surface area contributed by atoms with Crippen molar-refractivity contribution in [2.24, 2.45) is 0 Å². The first-order valence-corrected chi connectivity index (χ1v) is 7.90. The van der Waals surface area contributed by atoms with E-state index in [1.807, 2.05) is 54.6 Å². The molecule has 2 amide bonds. The molecule has 0 saturated carbocycles. The van der Waals surface area contributed by atoms with Crippen molar-refractivity contribution in [1.82, 2.24) is 5.32 Å². The Bertz CT molecular complexity index is 669. The fourth-order valence-corrected chi connectivity index (χ4v) is 2.14. The van der Waals surface area contributed by atoms with Gasteiger partial charge in [-0.25, -0.2) is 0 Å². The summed E-state index contributed by atoms with van der Waals surface area (Å²) in [5, 5.41) is 5.42. The zero-order valence-electron chi connectivity index (χ0n) is 13.9. The van der Waals surface area contributed by atoms with Crippen LogP contribution in [0.15, 0.2) is 54.6 Å². The van der Waals surface area contributed by atoms with Crippen LogP contribution in [0, 0.1) is 0 Å². The van der Waals surface area contributed by atoms with Gasteiger partial charge >= 0.3 is 0 Å². The summed E-state index contributed by atoms with van der Waals surface area (Å²) in [6, 6.07) is 16.7. The third-order valence-corrected chi connectivity index (χ3v) is 3.57. The first-order chi connectivity index (χ1) is 11.6. The smallest absolute Gasteiger partial charge is 0.265 e. The lowest BCUT2D eigenvalue weighted by Gasteiger charge is -2.14. The Hall–Kier alpha value is -2.82. The van der Waals surface area contributed by atoms with E-state index < -0.39 is 6.10 Å². The topological polar surface area (TPSA) is 67.4 Å². The summed E-state index contributed by atoms with van der Waals surface area (Å²) >= 11 is 0. The van der Waals surface area contributed by atoms with Crippen LogP contribution in [0.5, 0.6) is 5.75 Å². The molecule has 0 aliphatic carbocycles. The molecular formula is C19H22N2O3. The average molecular weight is 326 g/mol. The van der Waals surface area contributed by atoms with Gasteiger partial charge in [-0.05, 0) is 43.2 Å². The fourth-order valence-electron chi connectivity index (χ4n) is 2.14. The monoisotopic (exact) mass is 326 g/mol. The van der Waals surface area contributed by atoms with Crippen LogP contribution in [-0.4, -0.2) is 25.0 Å². The zero-order valence-corrected chi connectivity index (χ0v) is 13.9. The summed E-state index contributed by atoms with van der Waals surface area (Å²) < 4.78 is 5.59. The number of carbonyl (C=O) groups excluding carboxylic acids is 2. The highest BCUT2D eigenvalue weighted by molar-refractivity contribution is 5.94. The van der Waals surface area contributed by atoms with E-state index in [0.717, 1.165) is 5.56 Å². The number of benzene rings is 2. The van der Waals surface area contributed by atoms with Gasteiger partial charge in [0.25, 0.3) is 5.91 Å². The summed E-state index contributed by atoms with van der Waals surface area (Å²) in [6.07, 6.45) is 0.520. The Morgan fingerprint density at radius 1 is 1.04 bits per heavy atom. The molecule has 126 valence electrons. The summed E-state index contributed by atoms with van der Waals surface area (Å²) in [7, 11) is 1.62. The molecule has 0 bridgehead atoms. The first-order valence-electron chi connectivity index (χ1n) is 7.90. The summed E-state index contributed by atoms with van der Waals surface area (Å²) in [4.78, 5) is 23.4. The molecule has 0 fully saturated rings. The molecule has 0 aliphatic rings. The lowest BCUT2D eigenvalue weighted by molar-refractivity contribution is -0.122. The predicted molar refractivity (Wildman–Crippen MR) is 94.0 cm³/mol. The first kappa shape index (κ1) is 17.5. The minimum atomic E-state index is -0.597. The number of ether oxygens (including phenoxy) is 1. The fraction of sp³-hybridized carbons (Fsp3) is 0.263. The van der Waals surface area contributed by atoms with Crippen molar-refractivity contribution in [1.29, 1.82) is 0 Å². The van der Waals surface area contributed by atoms with Crippen molar-refractivity contribution in [3.8, 4) is 5.75 Å². The van der Waals surface area contributed by atoms with Crippen LogP contribution in [0.3, 0.4) is 0 Å². The number of amides is 2. The molecule has 2 aromatic rings. The van der Waals surface area contributed by atoms with Crippen LogP contribution >= 0.6 is 0 Å². The normalized spacial score (nSPS) is 11.4. The van der Waals surface area contributed by atoms with Gasteiger partial charge in [0, 0.05) is 19.2 Å². The van der Waals surface area contributed by atoms with Crippen LogP contribution < -0.4 is 15.4 Å². The van der Waals surface area contributed by atoms with Gasteiger partial charge in [-0.3, -0.25) is 9.59 Å². The van der Waals surface area contributed by atoms with Gasteiger partial charge in [-0.1, -0.05) is 30.3 Å². The van der Waals surface area contributed by atoms with Crippen molar-refractivity contribution in [3.05, 3.63) is 60.2 Å². The van der Waals surface area contributed by atoms with E-state index in [0.29, 0.717) is 24.3 Å². The maximum Gasteiger partial charge on any atom is 0.265 e. The Morgan fingerprint density at radius 3 is 2.33 bits per heavy atom. The molecule has 24 heavy (non-hydrogen) atoms. The van der Waals surface area contributed by atoms with E-state index in [1.54, 1.807) is 14.0 Å². The third-order valence-electron chi connectivity index (χ3n) is 3.57. The van der Waals surface area contributed by atoms with E-state index in [1.165, 1.54) is 0 Å². The third kappa shape index (κ3) is 5.43. The van der Waals surface area contributed by atoms with Crippen LogP contribution in [0.2, 0.25) is 0 Å².